The maximum absolute atomic E-state index is 11.7. The van der Waals surface area contributed by atoms with E-state index in [1.165, 1.54) is 16.7 Å². The lowest BCUT2D eigenvalue weighted by Gasteiger charge is -2.15. The third-order valence-corrected chi connectivity index (χ3v) is 3.75. The minimum absolute atomic E-state index is 0.380. The molecule has 1 aromatic carbocycles. The summed E-state index contributed by atoms with van der Waals surface area (Å²) in [5, 5.41) is 0. The smallest absolute Gasteiger partial charge is 0.137 e. The van der Waals surface area contributed by atoms with Gasteiger partial charge in [0.15, 0.2) is 0 Å². The first-order valence-corrected chi connectivity index (χ1v) is 7.47. The summed E-state index contributed by atoms with van der Waals surface area (Å²) in [5.74, 6) is 1.33. The minimum Gasteiger partial charge on any atom is -0.299 e. The van der Waals surface area contributed by atoms with Gasteiger partial charge in [-0.1, -0.05) is 35.9 Å². The Kier molecular flexibility index (Phi) is 4.43. The number of allylic oxidation sites excluding steroid dienone is 1. The van der Waals surface area contributed by atoms with Crippen LogP contribution in [0.1, 0.15) is 30.4 Å². The standard InChI is InChI=1S/C15H18OS/c1-17-9-8-15(16)11-12-6-7-13-4-2-3-5-14(13)10-12/h2-5,10H,6-9,11H2,1H3. The second-order valence-corrected chi connectivity index (χ2v) is 5.45. The van der Waals surface area contributed by atoms with E-state index in [0.29, 0.717) is 18.6 Å². The Morgan fingerprint density at radius 2 is 2.12 bits per heavy atom. The molecule has 2 rings (SSSR count). The number of hydrogen-bond donors (Lipinski definition) is 0. The summed E-state index contributed by atoms with van der Waals surface area (Å²) in [6.07, 6.45) is 7.73. The van der Waals surface area contributed by atoms with Crippen LogP contribution in [-0.4, -0.2) is 17.8 Å². The molecule has 0 saturated heterocycles. The number of aryl methyl sites for hydroxylation is 1. The van der Waals surface area contributed by atoms with Crippen LogP contribution in [0.3, 0.4) is 0 Å². The largest absolute Gasteiger partial charge is 0.299 e. The lowest BCUT2D eigenvalue weighted by atomic mass is 9.90. The zero-order valence-electron chi connectivity index (χ0n) is 10.2. The SMILES string of the molecule is CSCCC(=O)CC1=Cc2ccccc2CC1. The Morgan fingerprint density at radius 3 is 2.94 bits per heavy atom. The second kappa shape index (κ2) is 6.06. The molecule has 1 aromatic rings. The van der Waals surface area contributed by atoms with Crippen LogP contribution in [0.5, 0.6) is 0 Å². The van der Waals surface area contributed by atoms with Crippen molar-refractivity contribution in [3.8, 4) is 0 Å². The van der Waals surface area contributed by atoms with Crippen molar-refractivity contribution < 1.29 is 4.79 Å². The van der Waals surface area contributed by atoms with Gasteiger partial charge in [-0.2, -0.15) is 11.8 Å². The molecular formula is C15H18OS. The highest BCUT2D eigenvalue weighted by Crippen LogP contribution is 2.25. The predicted molar refractivity (Wildman–Crippen MR) is 75.4 cm³/mol. The molecule has 1 nitrogen and oxygen atoms in total. The molecular weight excluding hydrogens is 228 g/mol. The van der Waals surface area contributed by atoms with Crippen LogP contribution in [0.15, 0.2) is 29.8 Å². The fourth-order valence-corrected chi connectivity index (χ4v) is 2.62. The first-order valence-electron chi connectivity index (χ1n) is 6.07. The van der Waals surface area contributed by atoms with Crippen molar-refractivity contribution in [3.05, 3.63) is 41.0 Å². The van der Waals surface area contributed by atoms with Crippen LogP contribution in [0.25, 0.3) is 6.08 Å². The highest BCUT2D eigenvalue weighted by Gasteiger charge is 2.12. The highest BCUT2D eigenvalue weighted by molar-refractivity contribution is 7.98. The molecule has 90 valence electrons. The van der Waals surface area contributed by atoms with Crippen molar-refractivity contribution >= 4 is 23.6 Å². The summed E-state index contributed by atoms with van der Waals surface area (Å²) >= 11 is 1.74. The van der Waals surface area contributed by atoms with Crippen LogP contribution in [0.2, 0.25) is 0 Å². The third-order valence-electron chi connectivity index (χ3n) is 3.14. The number of Topliss-reactive ketones (excluding diaryl/α,β-unsaturated/α-hetero) is 1. The normalized spacial score (nSPS) is 14.1. The molecule has 1 aliphatic rings. The number of fused-ring (bicyclic) bond motifs is 1. The number of ketones is 1. The summed E-state index contributed by atoms with van der Waals surface area (Å²) in [6.45, 7) is 0. The second-order valence-electron chi connectivity index (χ2n) is 4.46. The van der Waals surface area contributed by atoms with Crippen molar-refractivity contribution in [3.63, 3.8) is 0 Å². The zero-order chi connectivity index (χ0) is 12.1. The van der Waals surface area contributed by atoms with Gasteiger partial charge in [0.25, 0.3) is 0 Å². The minimum atomic E-state index is 0.380. The Morgan fingerprint density at radius 1 is 1.29 bits per heavy atom. The van der Waals surface area contributed by atoms with Gasteiger partial charge < -0.3 is 0 Å². The van der Waals surface area contributed by atoms with Crippen LogP contribution in [0.4, 0.5) is 0 Å². The van der Waals surface area contributed by atoms with Gasteiger partial charge in [0.2, 0.25) is 0 Å². The average Bonchev–Trinajstić information content (AvgIpc) is 2.36. The van der Waals surface area contributed by atoms with E-state index in [0.717, 1.165) is 18.6 Å². The van der Waals surface area contributed by atoms with E-state index in [1.54, 1.807) is 11.8 Å². The molecule has 0 heterocycles. The lowest BCUT2D eigenvalue weighted by molar-refractivity contribution is -0.118. The molecule has 0 aromatic heterocycles. The Labute approximate surface area is 107 Å². The van der Waals surface area contributed by atoms with Crippen molar-refractivity contribution in [2.24, 2.45) is 0 Å². The van der Waals surface area contributed by atoms with E-state index in [4.69, 9.17) is 0 Å². The first kappa shape index (κ1) is 12.4. The van der Waals surface area contributed by atoms with E-state index in [-0.39, 0.29) is 0 Å². The molecule has 2 heteroatoms. The Bertz CT molecular complexity index is 434. The van der Waals surface area contributed by atoms with Gasteiger partial charge >= 0.3 is 0 Å². The quantitative estimate of drug-likeness (QED) is 0.787. The maximum atomic E-state index is 11.7. The summed E-state index contributed by atoms with van der Waals surface area (Å²) in [4.78, 5) is 11.7. The third kappa shape index (κ3) is 3.47. The summed E-state index contributed by atoms with van der Waals surface area (Å²) in [5.41, 5.74) is 4.01. The zero-order valence-corrected chi connectivity index (χ0v) is 11.1. The molecule has 0 radical (unpaired) electrons. The highest BCUT2D eigenvalue weighted by atomic mass is 32.2. The van der Waals surface area contributed by atoms with Gasteiger partial charge in [0.05, 0.1) is 0 Å². The molecule has 0 saturated carbocycles. The molecule has 0 fully saturated rings. The van der Waals surface area contributed by atoms with Crippen LogP contribution in [-0.2, 0) is 11.2 Å². The topological polar surface area (TPSA) is 17.1 Å². The van der Waals surface area contributed by atoms with Gasteiger partial charge in [-0.25, -0.2) is 0 Å². The lowest BCUT2D eigenvalue weighted by Crippen LogP contribution is -2.05. The van der Waals surface area contributed by atoms with Gasteiger partial charge in [-0.3, -0.25) is 4.79 Å². The number of thioether (sulfide) groups is 1. The molecule has 0 aliphatic heterocycles. The average molecular weight is 246 g/mol. The van der Waals surface area contributed by atoms with Crippen molar-refractivity contribution in [2.45, 2.75) is 25.7 Å². The van der Waals surface area contributed by atoms with E-state index >= 15 is 0 Å². The monoisotopic (exact) mass is 246 g/mol. The van der Waals surface area contributed by atoms with Crippen LogP contribution in [0, 0.1) is 0 Å². The van der Waals surface area contributed by atoms with Gasteiger partial charge in [0.1, 0.15) is 5.78 Å². The van der Waals surface area contributed by atoms with Crippen LogP contribution < -0.4 is 0 Å². The Hall–Kier alpha value is -1.02. The summed E-state index contributed by atoms with van der Waals surface area (Å²) < 4.78 is 0. The molecule has 0 spiro atoms. The van der Waals surface area contributed by atoms with Gasteiger partial charge in [-0.15, -0.1) is 0 Å². The first-order chi connectivity index (χ1) is 8.29. The van der Waals surface area contributed by atoms with Gasteiger partial charge in [-0.05, 0) is 36.0 Å². The van der Waals surface area contributed by atoms with E-state index in [2.05, 4.69) is 30.3 Å². The molecule has 0 amide bonds. The van der Waals surface area contributed by atoms with Crippen molar-refractivity contribution in [1.29, 1.82) is 0 Å². The summed E-state index contributed by atoms with van der Waals surface area (Å²) in [7, 11) is 0. The molecule has 0 bridgehead atoms. The van der Waals surface area contributed by atoms with Gasteiger partial charge in [0, 0.05) is 12.8 Å². The number of carbonyl (C=O) groups excluding carboxylic acids is 1. The fraction of sp³-hybridized carbons (Fsp3) is 0.400. The van der Waals surface area contributed by atoms with E-state index in [9.17, 15) is 4.79 Å². The predicted octanol–water partition coefficient (Wildman–Crippen LogP) is 3.73. The van der Waals surface area contributed by atoms with Crippen LogP contribution >= 0.6 is 11.8 Å². The number of hydrogen-bond acceptors (Lipinski definition) is 2. The van der Waals surface area contributed by atoms with Crippen molar-refractivity contribution in [1.82, 2.24) is 0 Å². The van der Waals surface area contributed by atoms with Crippen molar-refractivity contribution in [2.75, 3.05) is 12.0 Å². The molecule has 1 aliphatic carbocycles. The molecule has 17 heavy (non-hydrogen) atoms. The Balaban J connectivity index is 2.00. The number of rotatable bonds is 5. The molecule has 0 atom stereocenters. The summed E-state index contributed by atoms with van der Waals surface area (Å²) in [6, 6.07) is 8.47. The molecule has 0 unspecified atom stereocenters. The fourth-order valence-electron chi connectivity index (χ4n) is 2.19. The maximum Gasteiger partial charge on any atom is 0.137 e. The molecule has 0 N–H and O–H groups in total. The van der Waals surface area contributed by atoms with E-state index in [1.807, 2.05) is 6.26 Å². The number of benzene rings is 1. The van der Waals surface area contributed by atoms with E-state index < -0.39 is 0 Å². The number of carbonyl (C=O) groups is 1.